The minimum Gasteiger partial charge on any atom is -0.397 e. The van der Waals surface area contributed by atoms with Crippen LogP contribution in [-0.4, -0.2) is 36.0 Å². The number of anilines is 2. The number of hydrogen-bond acceptors (Lipinski definition) is 5. The lowest BCUT2D eigenvalue weighted by Crippen LogP contribution is -2.28. The summed E-state index contributed by atoms with van der Waals surface area (Å²) in [5.41, 5.74) is 7.53. The van der Waals surface area contributed by atoms with E-state index < -0.39 is 4.92 Å². The van der Waals surface area contributed by atoms with Crippen LogP contribution >= 0.6 is 0 Å². The molecule has 1 rings (SSSR count). The van der Waals surface area contributed by atoms with Crippen LogP contribution in [0.2, 0.25) is 0 Å². The van der Waals surface area contributed by atoms with Gasteiger partial charge < -0.3 is 16.0 Å². The predicted octanol–water partition coefficient (Wildman–Crippen LogP) is 2.24. The molecule has 0 atom stereocenters. The molecule has 0 amide bonds. The first-order chi connectivity index (χ1) is 8.99. The molecule has 0 bridgehead atoms. The first-order valence-electron chi connectivity index (χ1n) is 6.50. The van der Waals surface area contributed by atoms with Crippen LogP contribution in [0.25, 0.3) is 0 Å². The zero-order valence-corrected chi connectivity index (χ0v) is 11.8. The average Bonchev–Trinajstić information content (AvgIpc) is 2.36. The third-order valence-corrected chi connectivity index (χ3v) is 3.11. The maximum atomic E-state index is 11.0. The van der Waals surface area contributed by atoms with E-state index >= 15 is 0 Å². The van der Waals surface area contributed by atoms with E-state index in [0.29, 0.717) is 17.9 Å². The lowest BCUT2D eigenvalue weighted by Gasteiger charge is -2.19. The van der Waals surface area contributed by atoms with Crippen molar-refractivity contribution >= 4 is 17.1 Å². The lowest BCUT2D eigenvalue weighted by atomic mass is 10.1. The first-order valence-corrected chi connectivity index (χ1v) is 6.50. The standard InChI is InChI=1S/C13H22N4O2/c1-4-16(5-2)7-6-15-13-11(14)8-10(3)9-12(13)17(18)19/h8-9,15H,4-7,14H2,1-3H3. The molecule has 0 unspecified atom stereocenters. The number of nitro groups is 1. The minimum absolute atomic E-state index is 0.0389. The van der Waals surface area contributed by atoms with Crippen LogP contribution in [0.4, 0.5) is 17.1 Å². The zero-order valence-electron chi connectivity index (χ0n) is 11.8. The summed E-state index contributed by atoms with van der Waals surface area (Å²) in [7, 11) is 0. The van der Waals surface area contributed by atoms with E-state index in [2.05, 4.69) is 24.1 Å². The average molecular weight is 266 g/mol. The maximum absolute atomic E-state index is 11.0. The highest BCUT2D eigenvalue weighted by atomic mass is 16.6. The van der Waals surface area contributed by atoms with Gasteiger partial charge in [-0.3, -0.25) is 10.1 Å². The highest BCUT2D eigenvalue weighted by Gasteiger charge is 2.17. The Kier molecular flexibility index (Phi) is 5.57. The summed E-state index contributed by atoms with van der Waals surface area (Å²) in [5, 5.41) is 14.1. The molecular formula is C13H22N4O2. The molecule has 0 saturated carbocycles. The van der Waals surface area contributed by atoms with E-state index in [9.17, 15) is 10.1 Å². The number of rotatable bonds is 7. The second-order valence-corrected chi connectivity index (χ2v) is 4.46. The van der Waals surface area contributed by atoms with Crippen LogP contribution < -0.4 is 11.1 Å². The molecule has 6 nitrogen and oxygen atoms in total. The van der Waals surface area contributed by atoms with Gasteiger partial charge in [-0.15, -0.1) is 0 Å². The minimum atomic E-state index is -0.400. The van der Waals surface area contributed by atoms with Gasteiger partial charge in [0, 0.05) is 19.2 Å². The Bertz CT molecular complexity index is 445. The number of nitro benzene ring substituents is 1. The summed E-state index contributed by atoms with van der Waals surface area (Å²) in [6.45, 7) is 9.36. The third-order valence-electron chi connectivity index (χ3n) is 3.11. The number of nitrogens with two attached hydrogens (primary N) is 1. The first kappa shape index (κ1) is 15.2. The van der Waals surface area contributed by atoms with E-state index in [0.717, 1.165) is 25.2 Å². The van der Waals surface area contributed by atoms with Crippen molar-refractivity contribution in [1.29, 1.82) is 0 Å². The van der Waals surface area contributed by atoms with Gasteiger partial charge in [-0.2, -0.15) is 0 Å². The molecule has 0 saturated heterocycles. The highest BCUT2D eigenvalue weighted by Crippen LogP contribution is 2.31. The molecule has 0 heterocycles. The summed E-state index contributed by atoms with van der Waals surface area (Å²) in [5.74, 6) is 0. The van der Waals surface area contributed by atoms with Crippen LogP contribution in [0, 0.1) is 17.0 Å². The van der Waals surface area contributed by atoms with Gasteiger partial charge in [-0.05, 0) is 31.6 Å². The fourth-order valence-electron chi connectivity index (χ4n) is 2.01. The van der Waals surface area contributed by atoms with Gasteiger partial charge in [-0.1, -0.05) is 13.8 Å². The molecule has 0 fully saturated rings. The number of nitrogen functional groups attached to an aromatic ring is 1. The second-order valence-electron chi connectivity index (χ2n) is 4.46. The molecule has 0 aromatic heterocycles. The number of nitrogens with zero attached hydrogens (tertiary/aromatic N) is 2. The molecule has 1 aromatic carbocycles. The second kappa shape index (κ2) is 6.94. The van der Waals surface area contributed by atoms with Gasteiger partial charge in [-0.25, -0.2) is 0 Å². The van der Waals surface area contributed by atoms with Gasteiger partial charge >= 0.3 is 0 Å². The van der Waals surface area contributed by atoms with Crippen molar-refractivity contribution in [1.82, 2.24) is 4.90 Å². The normalized spacial score (nSPS) is 10.7. The van der Waals surface area contributed by atoms with Crippen LogP contribution in [0.5, 0.6) is 0 Å². The fraction of sp³-hybridized carbons (Fsp3) is 0.538. The number of nitrogens with one attached hydrogen (secondary N) is 1. The van der Waals surface area contributed by atoms with E-state index in [1.165, 1.54) is 6.07 Å². The highest BCUT2D eigenvalue weighted by molar-refractivity contribution is 5.77. The summed E-state index contributed by atoms with van der Waals surface area (Å²) in [6.07, 6.45) is 0. The van der Waals surface area contributed by atoms with Crippen molar-refractivity contribution in [2.75, 3.05) is 37.2 Å². The van der Waals surface area contributed by atoms with Crippen molar-refractivity contribution in [2.24, 2.45) is 0 Å². The van der Waals surface area contributed by atoms with Gasteiger partial charge in [0.25, 0.3) is 5.69 Å². The van der Waals surface area contributed by atoms with Gasteiger partial charge in [0.15, 0.2) is 0 Å². The maximum Gasteiger partial charge on any atom is 0.294 e. The molecule has 1 aromatic rings. The fourth-order valence-corrected chi connectivity index (χ4v) is 2.01. The Morgan fingerprint density at radius 3 is 2.53 bits per heavy atom. The van der Waals surface area contributed by atoms with E-state index in [1.807, 2.05) is 0 Å². The summed E-state index contributed by atoms with van der Waals surface area (Å²) >= 11 is 0. The number of hydrogen-bond donors (Lipinski definition) is 2. The monoisotopic (exact) mass is 266 g/mol. The van der Waals surface area contributed by atoms with Crippen LogP contribution in [-0.2, 0) is 0 Å². The summed E-state index contributed by atoms with van der Waals surface area (Å²) in [4.78, 5) is 12.9. The predicted molar refractivity (Wildman–Crippen MR) is 78.5 cm³/mol. The van der Waals surface area contributed by atoms with Crippen molar-refractivity contribution in [3.8, 4) is 0 Å². The lowest BCUT2D eigenvalue weighted by molar-refractivity contribution is -0.383. The van der Waals surface area contributed by atoms with Crippen molar-refractivity contribution in [2.45, 2.75) is 20.8 Å². The summed E-state index contributed by atoms with van der Waals surface area (Å²) in [6, 6.07) is 3.28. The Morgan fingerprint density at radius 2 is 2.00 bits per heavy atom. The molecule has 0 aliphatic carbocycles. The van der Waals surface area contributed by atoms with Crippen molar-refractivity contribution < 1.29 is 4.92 Å². The smallest absolute Gasteiger partial charge is 0.294 e. The van der Waals surface area contributed by atoms with Crippen LogP contribution in [0.3, 0.4) is 0 Å². The Labute approximate surface area is 113 Å². The van der Waals surface area contributed by atoms with Gasteiger partial charge in [0.05, 0.1) is 10.6 Å². The molecule has 0 radical (unpaired) electrons. The summed E-state index contributed by atoms with van der Waals surface area (Å²) < 4.78 is 0. The van der Waals surface area contributed by atoms with E-state index in [4.69, 9.17) is 5.73 Å². The number of benzene rings is 1. The Hall–Kier alpha value is -1.82. The van der Waals surface area contributed by atoms with E-state index in [-0.39, 0.29) is 5.69 Å². The molecule has 19 heavy (non-hydrogen) atoms. The molecule has 6 heteroatoms. The molecule has 0 spiro atoms. The van der Waals surface area contributed by atoms with Crippen LogP contribution in [0.1, 0.15) is 19.4 Å². The van der Waals surface area contributed by atoms with E-state index in [1.54, 1.807) is 13.0 Å². The van der Waals surface area contributed by atoms with Crippen molar-refractivity contribution in [3.05, 3.63) is 27.8 Å². The van der Waals surface area contributed by atoms with Gasteiger partial charge in [0.2, 0.25) is 0 Å². The molecule has 106 valence electrons. The van der Waals surface area contributed by atoms with Crippen LogP contribution in [0.15, 0.2) is 12.1 Å². The molecular weight excluding hydrogens is 244 g/mol. The zero-order chi connectivity index (χ0) is 14.4. The molecule has 0 aliphatic rings. The molecule has 0 aliphatic heterocycles. The van der Waals surface area contributed by atoms with Gasteiger partial charge in [0.1, 0.15) is 5.69 Å². The third kappa shape index (κ3) is 4.10. The Balaban J connectivity index is 2.80. The topological polar surface area (TPSA) is 84.4 Å². The molecule has 3 N–H and O–H groups in total. The largest absolute Gasteiger partial charge is 0.397 e. The number of likely N-dealkylation sites (N-methyl/N-ethyl adjacent to an activating group) is 1. The quantitative estimate of drug-likeness (QED) is 0.449. The van der Waals surface area contributed by atoms with Crippen molar-refractivity contribution in [3.63, 3.8) is 0 Å². The Morgan fingerprint density at radius 1 is 1.37 bits per heavy atom. The number of aryl methyl sites for hydroxylation is 1. The SMILES string of the molecule is CCN(CC)CCNc1c(N)cc(C)cc1[N+](=O)[O-].